The van der Waals surface area contributed by atoms with E-state index in [0.29, 0.717) is 19.3 Å². The van der Waals surface area contributed by atoms with E-state index in [1.54, 1.807) is 0 Å². The van der Waals surface area contributed by atoms with Crippen molar-refractivity contribution in [1.82, 2.24) is 5.32 Å². The third-order valence-corrected chi connectivity index (χ3v) is 12.7. The van der Waals surface area contributed by atoms with Crippen molar-refractivity contribution >= 4 is 11.9 Å². The molecule has 0 rings (SSSR count). The molecule has 3 unspecified atom stereocenters. The van der Waals surface area contributed by atoms with Crippen LogP contribution in [0.1, 0.15) is 290 Å². The molecule has 3 N–H and O–H groups in total. The summed E-state index contributed by atoms with van der Waals surface area (Å²) in [6, 6.07) is -0.703. The third kappa shape index (κ3) is 46.4. The Balaban J connectivity index is 4.56. The number of unbranched alkanes of at least 4 members (excludes halogenated alkanes) is 33. The number of carbonyl (C=O) groups is 2. The van der Waals surface area contributed by atoms with E-state index in [2.05, 4.69) is 62.5 Å². The van der Waals surface area contributed by atoms with E-state index in [4.69, 9.17) is 4.74 Å². The topological polar surface area (TPSA) is 95.9 Å². The lowest BCUT2D eigenvalue weighted by Crippen LogP contribution is -2.46. The number of ether oxygens (including phenoxy) is 1. The number of amides is 1. The second-order valence-electron chi connectivity index (χ2n) is 19.0. The highest BCUT2D eigenvalue weighted by Crippen LogP contribution is 2.18. The number of carbonyl (C=O) groups excluding carboxylic acids is 2. The normalized spacial score (nSPS) is 13.4. The molecule has 0 spiro atoms. The molecule has 3 atom stereocenters. The van der Waals surface area contributed by atoms with Crippen molar-refractivity contribution < 1.29 is 24.5 Å². The molecule has 0 fully saturated rings. The smallest absolute Gasteiger partial charge is 0.306 e. The van der Waals surface area contributed by atoms with Gasteiger partial charge in [-0.05, 0) is 77.0 Å². The van der Waals surface area contributed by atoms with Crippen LogP contribution in [0.15, 0.2) is 36.5 Å². The van der Waals surface area contributed by atoms with E-state index in [9.17, 15) is 19.8 Å². The highest BCUT2D eigenvalue weighted by molar-refractivity contribution is 5.77. The molecule has 0 aliphatic carbocycles. The van der Waals surface area contributed by atoms with Gasteiger partial charge in [0.25, 0.3) is 0 Å². The standard InChI is InChI=1S/C57H107NO5/c1-4-7-10-13-16-19-21-23-25-27-29-31-33-35-38-41-44-47-50-57(62)63-53(48-45-42-39-37-34-32-30-28-26-24-22-20-17-14-11-8-5-2)51-56(61)58-54(52-59)55(60)49-46-43-40-36-18-15-12-9-6-3/h24-27,29,31,53-55,59-60H,4-23,28,30,32-52H2,1-3H3,(H,58,61)/b26-24+,27-25+,31-29+. The number of esters is 1. The van der Waals surface area contributed by atoms with Crippen molar-refractivity contribution in [3.63, 3.8) is 0 Å². The SMILES string of the molecule is CCCCCCCC/C=C/CCCCCCCCCC(CC(=O)NC(CO)C(O)CCCCCCCCCCC)OC(=O)CCCCCCC/C=C/C=C/CCCCCCCCC. The molecule has 0 aromatic heterocycles. The first kappa shape index (κ1) is 61.1. The van der Waals surface area contributed by atoms with Crippen molar-refractivity contribution in [3.05, 3.63) is 36.5 Å². The quantitative estimate of drug-likeness (QED) is 0.0245. The van der Waals surface area contributed by atoms with Crippen molar-refractivity contribution in [2.24, 2.45) is 0 Å². The largest absolute Gasteiger partial charge is 0.462 e. The molecule has 0 radical (unpaired) electrons. The van der Waals surface area contributed by atoms with Gasteiger partial charge < -0.3 is 20.3 Å². The summed E-state index contributed by atoms with van der Waals surface area (Å²) >= 11 is 0. The molecule has 0 saturated carbocycles. The molecule has 1 amide bonds. The number of allylic oxidation sites excluding steroid dienone is 6. The maximum Gasteiger partial charge on any atom is 0.306 e. The molecule has 0 saturated heterocycles. The maximum absolute atomic E-state index is 13.2. The van der Waals surface area contributed by atoms with Crippen LogP contribution in [0.5, 0.6) is 0 Å². The van der Waals surface area contributed by atoms with Crippen molar-refractivity contribution in [1.29, 1.82) is 0 Å². The summed E-state index contributed by atoms with van der Waals surface area (Å²) in [6.45, 7) is 6.47. The summed E-state index contributed by atoms with van der Waals surface area (Å²) in [5, 5.41) is 23.7. The molecule has 0 aromatic rings. The second-order valence-corrected chi connectivity index (χ2v) is 19.0. The van der Waals surface area contributed by atoms with E-state index in [0.717, 1.165) is 70.6 Å². The fourth-order valence-corrected chi connectivity index (χ4v) is 8.48. The van der Waals surface area contributed by atoms with Gasteiger partial charge in [0.05, 0.1) is 25.2 Å². The van der Waals surface area contributed by atoms with Crippen LogP contribution in [0.4, 0.5) is 0 Å². The zero-order valence-electron chi connectivity index (χ0n) is 42.2. The Morgan fingerprint density at radius 1 is 0.460 bits per heavy atom. The predicted octanol–water partition coefficient (Wildman–Crippen LogP) is 16.8. The molecule has 0 aliphatic heterocycles. The Kier molecular flexibility index (Phi) is 49.5. The Bertz CT molecular complexity index is 1040. The van der Waals surface area contributed by atoms with Gasteiger partial charge in [-0.1, -0.05) is 237 Å². The molecule has 0 aliphatic rings. The third-order valence-electron chi connectivity index (χ3n) is 12.7. The van der Waals surface area contributed by atoms with Crippen LogP contribution >= 0.6 is 0 Å². The molecular formula is C57H107NO5. The molecule has 0 heterocycles. The summed E-state index contributed by atoms with van der Waals surface area (Å²) in [7, 11) is 0. The summed E-state index contributed by atoms with van der Waals surface area (Å²) in [4.78, 5) is 26.2. The maximum atomic E-state index is 13.2. The predicted molar refractivity (Wildman–Crippen MR) is 273 cm³/mol. The van der Waals surface area contributed by atoms with E-state index >= 15 is 0 Å². The summed E-state index contributed by atoms with van der Waals surface area (Å²) in [5.74, 6) is -0.485. The fourth-order valence-electron chi connectivity index (χ4n) is 8.48. The highest BCUT2D eigenvalue weighted by atomic mass is 16.5. The fraction of sp³-hybridized carbons (Fsp3) is 0.860. The number of nitrogens with one attached hydrogen (secondary N) is 1. The molecule has 370 valence electrons. The first-order valence-corrected chi connectivity index (χ1v) is 27.7. The first-order chi connectivity index (χ1) is 31.0. The Hall–Kier alpha value is -1.92. The van der Waals surface area contributed by atoms with Crippen LogP contribution < -0.4 is 5.32 Å². The minimum atomic E-state index is -0.789. The van der Waals surface area contributed by atoms with E-state index in [1.807, 2.05) is 0 Å². The average Bonchev–Trinajstić information content (AvgIpc) is 3.28. The van der Waals surface area contributed by atoms with Gasteiger partial charge in [0.15, 0.2) is 0 Å². The van der Waals surface area contributed by atoms with Crippen LogP contribution in [0, 0.1) is 0 Å². The van der Waals surface area contributed by atoms with E-state index in [1.165, 1.54) is 173 Å². The van der Waals surface area contributed by atoms with Gasteiger partial charge in [-0.25, -0.2) is 0 Å². The van der Waals surface area contributed by atoms with Crippen LogP contribution in [0.2, 0.25) is 0 Å². The van der Waals surface area contributed by atoms with Crippen molar-refractivity contribution in [2.75, 3.05) is 6.61 Å². The minimum Gasteiger partial charge on any atom is -0.462 e. The average molecular weight is 886 g/mol. The lowest BCUT2D eigenvalue weighted by atomic mass is 10.0. The number of aliphatic hydroxyl groups is 2. The Morgan fingerprint density at radius 2 is 0.810 bits per heavy atom. The van der Waals surface area contributed by atoms with Gasteiger partial charge in [0.2, 0.25) is 5.91 Å². The Morgan fingerprint density at radius 3 is 1.22 bits per heavy atom. The van der Waals surface area contributed by atoms with Gasteiger partial charge >= 0.3 is 5.97 Å². The molecule has 6 heteroatoms. The second kappa shape index (κ2) is 51.1. The molecule has 0 aromatic carbocycles. The number of rotatable bonds is 50. The number of hydrogen-bond acceptors (Lipinski definition) is 5. The molecule has 0 bridgehead atoms. The molecular weight excluding hydrogens is 779 g/mol. The van der Waals surface area contributed by atoms with E-state index in [-0.39, 0.29) is 24.9 Å². The monoisotopic (exact) mass is 886 g/mol. The van der Waals surface area contributed by atoms with Gasteiger partial charge in [0.1, 0.15) is 6.10 Å². The molecule has 63 heavy (non-hydrogen) atoms. The first-order valence-electron chi connectivity index (χ1n) is 27.7. The molecule has 6 nitrogen and oxygen atoms in total. The van der Waals surface area contributed by atoms with Gasteiger partial charge in [0, 0.05) is 6.42 Å². The minimum absolute atomic E-state index is 0.0706. The van der Waals surface area contributed by atoms with Crippen molar-refractivity contribution in [3.8, 4) is 0 Å². The van der Waals surface area contributed by atoms with Crippen LogP contribution in [0.3, 0.4) is 0 Å². The van der Waals surface area contributed by atoms with Crippen molar-refractivity contribution in [2.45, 2.75) is 309 Å². The summed E-state index contributed by atoms with van der Waals surface area (Å²) in [6.07, 6.45) is 60.7. The van der Waals surface area contributed by atoms with Crippen LogP contribution in [-0.4, -0.2) is 46.9 Å². The van der Waals surface area contributed by atoms with Gasteiger partial charge in [-0.3, -0.25) is 9.59 Å². The zero-order valence-corrected chi connectivity index (χ0v) is 42.2. The lowest BCUT2D eigenvalue weighted by molar-refractivity contribution is -0.151. The van der Waals surface area contributed by atoms with Gasteiger partial charge in [-0.2, -0.15) is 0 Å². The van der Waals surface area contributed by atoms with Crippen LogP contribution in [0.25, 0.3) is 0 Å². The van der Waals surface area contributed by atoms with Gasteiger partial charge in [-0.15, -0.1) is 0 Å². The zero-order chi connectivity index (χ0) is 45.9. The van der Waals surface area contributed by atoms with Crippen LogP contribution in [-0.2, 0) is 14.3 Å². The lowest BCUT2D eigenvalue weighted by Gasteiger charge is -2.24. The summed E-state index contributed by atoms with van der Waals surface area (Å²) in [5.41, 5.74) is 0. The van der Waals surface area contributed by atoms with E-state index < -0.39 is 18.2 Å². The summed E-state index contributed by atoms with van der Waals surface area (Å²) < 4.78 is 5.95. The Labute approximate surface area is 392 Å². The number of aliphatic hydroxyl groups excluding tert-OH is 2. The highest BCUT2D eigenvalue weighted by Gasteiger charge is 2.24. The number of hydrogen-bond donors (Lipinski definition) is 3.